The van der Waals surface area contributed by atoms with Crippen molar-refractivity contribution in [3.8, 4) is 5.88 Å². The molecule has 1 aliphatic heterocycles. The summed E-state index contributed by atoms with van der Waals surface area (Å²) in [5, 5.41) is 8.39. The van der Waals surface area contributed by atoms with E-state index in [-0.39, 0.29) is 0 Å². The number of anilines is 1. The lowest BCUT2D eigenvalue weighted by Crippen LogP contribution is -2.35. The van der Waals surface area contributed by atoms with Crippen molar-refractivity contribution >= 4 is 5.95 Å². The van der Waals surface area contributed by atoms with Crippen LogP contribution in [0, 0.1) is 5.82 Å². The number of aromatic nitrogens is 6. The van der Waals surface area contributed by atoms with E-state index in [4.69, 9.17) is 4.74 Å². The van der Waals surface area contributed by atoms with Gasteiger partial charge in [-0.05, 0) is 6.07 Å². The lowest BCUT2D eigenvalue weighted by atomic mass is 10.3. The highest BCUT2D eigenvalue weighted by Crippen LogP contribution is 2.18. The Kier molecular flexibility index (Phi) is 3.73. The highest BCUT2D eigenvalue weighted by molar-refractivity contribution is 5.30. The number of halogens is 1. The van der Waals surface area contributed by atoms with E-state index in [0.717, 1.165) is 24.0 Å². The molecule has 0 saturated carbocycles. The SMILES string of the molecule is Fc1cnc(N2CCn3c(COc4ccccn4)nnc3C2)nc1. The maximum Gasteiger partial charge on any atom is 0.225 e. The van der Waals surface area contributed by atoms with Crippen molar-refractivity contribution in [3.63, 3.8) is 0 Å². The maximum atomic E-state index is 12.9. The zero-order valence-corrected chi connectivity index (χ0v) is 12.7. The third-order valence-corrected chi connectivity index (χ3v) is 3.71. The van der Waals surface area contributed by atoms with E-state index in [1.165, 1.54) is 0 Å². The molecule has 3 aromatic heterocycles. The van der Waals surface area contributed by atoms with Crippen molar-refractivity contribution in [2.75, 3.05) is 11.4 Å². The van der Waals surface area contributed by atoms with Gasteiger partial charge in [0.05, 0.1) is 18.9 Å². The number of nitrogens with zero attached hydrogens (tertiary/aromatic N) is 7. The molecule has 0 N–H and O–H groups in total. The largest absolute Gasteiger partial charge is 0.469 e. The van der Waals surface area contributed by atoms with E-state index in [1.54, 1.807) is 12.3 Å². The standard InChI is InChI=1S/C15H14FN7O/c16-11-7-18-15(19-8-11)22-5-6-23-12(9-22)20-21-13(23)10-24-14-3-1-2-4-17-14/h1-4,7-8H,5-6,9-10H2. The van der Waals surface area contributed by atoms with Gasteiger partial charge in [0, 0.05) is 25.4 Å². The minimum atomic E-state index is -0.451. The van der Waals surface area contributed by atoms with Gasteiger partial charge >= 0.3 is 0 Å². The van der Waals surface area contributed by atoms with Gasteiger partial charge in [0.15, 0.2) is 17.5 Å². The first-order valence-corrected chi connectivity index (χ1v) is 7.47. The third-order valence-electron chi connectivity index (χ3n) is 3.71. The van der Waals surface area contributed by atoms with Crippen LogP contribution in [0.25, 0.3) is 0 Å². The smallest absolute Gasteiger partial charge is 0.225 e. The number of ether oxygens (including phenoxy) is 1. The van der Waals surface area contributed by atoms with Gasteiger partial charge in [-0.2, -0.15) is 0 Å². The average Bonchev–Trinajstić information content (AvgIpc) is 3.04. The maximum absolute atomic E-state index is 12.9. The van der Waals surface area contributed by atoms with Gasteiger partial charge in [-0.3, -0.25) is 0 Å². The predicted octanol–water partition coefficient (Wildman–Crippen LogP) is 1.20. The first kappa shape index (κ1) is 14.5. The molecule has 0 spiro atoms. The van der Waals surface area contributed by atoms with Crippen molar-refractivity contribution in [2.24, 2.45) is 0 Å². The van der Waals surface area contributed by atoms with Crippen molar-refractivity contribution in [1.29, 1.82) is 0 Å². The lowest BCUT2D eigenvalue weighted by Gasteiger charge is -2.27. The van der Waals surface area contributed by atoms with Gasteiger partial charge in [0.25, 0.3) is 0 Å². The summed E-state index contributed by atoms with van der Waals surface area (Å²) in [7, 11) is 0. The van der Waals surface area contributed by atoms with Gasteiger partial charge in [0.2, 0.25) is 11.8 Å². The highest BCUT2D eigenvalue weighted by atomic mass is 19.1. The summed E-state index contributed by atoms with van der Waals surface area (Å²) in [6.45, 7) is 2.19. The fourth-order valence-electron chi connectivity index (χ4n) is 2.54. The second-order valence-electron chi connectivity index (χ2n) is 5.26. The first-order chi connectivity index (χ1) is 11.8. The number of fused-ring (bicyclic) bond motifs is 1. The average molecular weight is 327 g/mol. The molecule has 8 nitrogen and oxygen atoms in total. The molecule has 0 fully saturated rings. The molecule has 0 atom stereocenters. The van der Waals surface area contributed by atoms with E-state index in [0.29, 0.717) is 38.1 Å². The lowest BCUT2D eigenvalue weighted by molar-refractivity contribution is 0.276. The van der Waals surface area contributed by atoms with Gasteiger partial charge in [-0.25, -0.2) is 19.3 Å². The van der Waals surface area contributed by atoms with Crippen LogP contribution in [0.4, 0.5) is 10.3 Å². The Morgan fingerprint density at radius 3 is 2.75 bits per heavy atom. The van der Waals surface area contributed by atoms with Crippen molar-refractivity contribution in [3.05, 3.63) is 54.3 Å². The monoisotopic (exact) mass is 327 g/mol. The van der Waals surface area contributed by atoms with Crippen LogP contribution in [0.5, 0.6) is 5.88 Å². The number of hydrogen-bond acceptors (Lipinski definition) is 7. The van der Waals surface area contributed by atoms with Crippen molar-refractivity contribution in [1.82, 2.24) is 29.7 Å². The van der Waals surface area contributed by atoms with Crippen LogP contribution in [-0.2, 0) is 19.7 Å². The van der Waals surface area contributed by atoms with Crippen LogP contribution in [0.15, 0.2) is 36.8 Å². The molecular formula is C15H14FN7O. The van der Waals surface area contributed by atoms with E-state index >= 15 is 0 Å². The van der Waals surface area contributed by atoms with Gasteiger partial charge < -0.3 is 14.2 Å². The summed E-state index contributed by atoms with van der Waals surface area (Å²) in [4.78, 5) is 14.1. The molecule has 0 aliphatic carbocycles. The van der Waals surface area contributed by atoms with Gasteiger partial charge in [0.1, 0.15) is 6.61 Å². The van der Waals surface area contributed by atoms with E-state index in [1.807, 2.05) is 21.6 Å². The summed E-state index contributed by atoms with van der Waals surface area (Å²) in [5.41, 5.74) is 0. The molecule has 0 radical (unpaired) electrons. The van der Waals surface area contributed by atoms with Crippen molar-refractivity contribution in [2.45, 2.75) is 19.7 Å². The number of rotatable bonds is 4. The molecule has 0 saturated heterocycles. The summed E-state index contributed by atoms with van der Waals surface area (Å²) >= 11 is 0. The minimum absolute atomic E-state index is 0.303. The van der Waals surface area contributed by atoms with Gasteiger partial charge in [-0.1, -0.05) is 6.07 Å². The molecule has 122 valence electrons. The quantitative estimate of drug-likeness (QED) is 0.712. The summed E-state index contributed by atoms with van der Waals surface area (Å²) in [6.07, 6.45) is 4.00. The summed E-state index contributed by atoms with van der Waals surface area (Å²) < 4.78 is 20.6. The molecule has 0 unspecified atom stereocenters. The summed E-state index contributed by atoms with van der Waals surface area (Å²) in [5.74, 6) is 2.13. The zero-order chi connectivity index (χ0) is 16.4. The Balaban J connectivity index is 1.46. The molecule has 0 bridgehead atoms. The Bertz CT molecular complexity index is 822. The van der Waals surface area contributed by atoms with E-state index in [9.17, 15) is 4.39 Å². The van der Waals surface area contributed by atoms with E-state index in [2.05, 4.69) is 25.1 Å². The van der Waals surface area contributed by atoms with Crippen LogP contribution in [0.2, 0.25) is 0 Å². The summed E-state index contributed by atoms with van der Waals surface area (Å²) in [6, 6.07) is 5.49. The fourth-order valence-corrected chi connectivity index (χ4v) is 2.54. The predicted molar refractivity (Wildman–Crippen MR) is 81.6 cm³/mol. The molecule has 0 amide bonds. The molecular weight excluding hydrogens is 313 g/mol. The molecule has 4 rings (SSSR count). The van der Waals surface area contributed by atoms with Crippen molar-refractivity contribution < 1.29 is 9.13 Å². The number of hydrogen-bond donors (Lipinski definition) is 0. The Labute approximate surface area is 137 Å². The fraction of sp³-hybridized carbons (Fsp3) is 0.267. The van der Waals surface area contributed by atoms with Crippen LogP contribution < -0.4 is 9.64 Å². The van der Waals surface area contributed by atoms with Crippen LogP contribution >= 0.6 is 0 Å². The second-order valence-corrected chi connectivity index (χ2v) is 5.26. The van der Waals surface area contributed by atoms with Crippen LogP contribution in [0.3, 0.4) is 0 Å². The molecule has 1 aliphatic rings. The van der Waals surface area contributed by atoms with Crippen LogP contribution in [0.1, 0.15) is 11.6 Å². The Hall–Kier alpha value is -3.10. The topological polar surface area (TPSA) is 81.9 Å². The molecule has 0 aromatic carbocycles. The normalized spacial score (nSPS) is 13.6. The number of pyridine rings is 1. The first-order valence-electron chi connectivity index (χ1n) is 7.47. The molecule has 24 heavy (non-hydrogen) atoms. The van der Waals surface area contributed by atoms with Crippen LogP contribution in [-0.4, -0.2) is 36.3 Å². The molecule has 9 heteroatoms. The second kappa shape index (κ2) is 6.19. The third kappa shape index (κ3) is 2.87. The van der Waals surface area contributed by atoms with E-state index < -0.39 is 5.82 Å². The minimum Gasteiger partial charge on any atom is -0.469 e. The molecule has 3 aromatic rings. The zero-order valence-electron chi connectivity index (χ0n) is 12.7. The highest BCUT2D eigenvalue weighted by Gasteiger charge is 2.23. The molecule has 4 heterocycles. The Morgan fingerprint density at radius 2 is 1.96 bits per heavy atom. The van der Waals surface area contributed by atoms with Gasteiger partial charge in [-0.15, -0.1) is 10.2 Å². The Morgan fingerprint density at radius 1 is 1.08 bits per heavy atom.